The van der Waals surface area contributed by atoms with Crippen LogP contribution < -0.4 is 9.47 Å². The number of carbonyl (C=O) groups excluding carboxylic acids is 1. The second-order valence-electron chi connectivity index (χ2n) is 6.82. The van der Waals surface area contributed by atoms with Crippen LogP contribution in [-0.2, 0) is 11.3 Å². The lowest BCUT2D eigenvalue weighted by atomic mass is 10.1. The van der Waals surface area contributed by atoms with Gasteiger partial charge < -0.3 is 18.9 Å². The fourth-order valence-electron chi connectivity index (χ4n) is 3.59. The molecule has 27 heavy (non-hydrogen) atoms. The van der Waals surface area contributed by atoms with E-state index in [0.717, 1.165) is 60.4 Å². The number of amides is 1. The number of carbonyl (C=O) groups is 1. The molecule has 1 unspecified atom stereocenters. The van der Waals surface area contributed by atoms with Crippen LogP contribution in [0.5, 0.6) is 11.5 Å². The summed E-state index contributed by atoms with van der Waals surface area (Å²) in [5.74, 6) is 1.77. The van der Waals surface area contributed by atoms with E-state index in [4.69, 9.17) is 9.47 Å². The standard InChI is InChI=1S/C20H25N3O3S/c1-3-23-16(15-6-7-17-18(12-15)26-11-10-25-17)13-21-20(23)27-14(2)19(24)22-8-4-5-9-22/h6-7,12-14H,3-5,8-11H2,1-2H3. The maximum absolute atomic E-state index is 12.6. The van der Waals surface area contributed by atoms with E-state index in [9.17, 15) is 4.79 Å². The number of thioether (sulfide) groups is 1. The number of nitrogens with zero attached hydrogens (tertiary/aromatic N) is 3. The number of ether oxygens (including phenoxy) is 2. The molecule has 1 atom stereocenters. The molecule has 7 heteroatoms. The normalized spacial score (nSPS) is 17.2. The summed E-state index contributed by atoms with van der Waals surface area (Å²) in [5.41, 5.74) is 2.07. The van der Waals surface area contributed by atoms with Crippen molar-refractivity contribution in [2.24, 2.45) is 0 Å². The summed E-state index contributed by atoms with van der Waals surface area (Å²) < 4.78 is 13.5. The first-order chi connectivity index (χ1) is 13.2. The third-order valence-electron chi connectivity index (χ3n) is 5.02. The van der Waals surface area contributed by atoms with E-state index in [2.05, 4.69) is 16.5 Å². The third-order valence-corrected chi connectivity index (χ3v) is 6.11. The summed E-state index contributed by atoms with van der Waals surface area (Å²) in [6.07, 6.45) is 4.10. The zero-order chi connectivity index (χ0) is 18.8. The van der Waals surface area contributed by atoms with Crippen LogP contribution in [0.4, 0.5) is 0 Å². The molecule has 1 amide bonds. The Balaban J connectivity index is 1.56. The molecule has 2 aliphatic rings. The van der Waals surface area contributed by atoms with Crippen LogP contribution in [0.3, 0.4) is 0 Å². The number of hydrogen-bond acceptors (Lipinski definition) is 5. The summed E-state index contributed by atoms with van der Waals surface area (Å²) in [4.78, 5) is 19.2. The van der Waals surface area contributed by atoms with Gasteiger partial charge >= 0.3 is 0 Å². The van der Waals surface area contributed by atoms with Crippen LogP contribution in [0.2, 0.25) is 0 Å². The Hall–Kier alpha value is -2.15. The maximum Gasteiger partial charge on any atom is 0.235 e. The van der Waals surface area contributed by atoms with Crippen molar-refractivity contribution >= 4 is 17.7 Å². The summed E-state index contributed by atoms with van der Waals surface area (Å²) in [5, 5.41) is 0.742. The van der Waals surface area contributed by atoms with Gasteiger partial charge in [-0.2, -0.15) is 0 Å². The average molecular weight is 388 g/mol. The first kappa shape index (κ1) is 18.2. The molecule has 0 bridgehead atoms. The van der Waals surface area contributed by atoms with E-state index < -0.39 is 0 Å². The van der Waals surface area contributed by atoms with Crippen molar-refractivity contribution in [2.45, 2.75) is 43.6 Å². The highest BCUT2D eigenvalue weighted by atomic mass is 32.2. The summed E-state index contributed by atoms with van der Waals surface area (Å²) in [6, 6.07) is 5.98. The van der Waals surface area contributed by atoms with Crippen molar-refractivity contribution in [3.05, 3.63) is 24.4 Å². The molecular weight excluding hydrogens is 362 g/mol. The van der Waals surface area contributed by atoms with Gasteiger partial charge in [0.05, 0.1) is 17.1 Å². The maximum atomic E-state index is 12.6. The number of hydrogen-bond donors (Lipinski definition) is 0. The molecule has 1 saturated heterocycles. The van der Waals surface area contributed by atoms with Gasteiger partial charge in [0.2, 0.25) is 5.91 Å². The second-order valence-corrected chi connectivity index (χ2v) is 8.13. The molecule has 0 radical (unpaired) electrons. The molecule has 1 aromatic carbocycles. The zero-order valence-corrected chi connectivity index (χ0v) is 16.6. The highest BCUT2D eigenvalue weighted by molar-refractivity contribution is 8.00. The number of imidazole rings is 1. The molecule has 1 aromatic heterocycles. The number of aromatic nitrogens is 2. The topological polar surface area (TPSA) is 56.6 Å². The Kier molecular flexibility index (Phi) is 5.29. The van der Waals surface area contributed by atoms with E-state index in [-0.39, 0.29) is 11.2 Å². The van der Waals surface area contributed by atoms with E-state index in [1.54, 1.807) is 0 Å². The van der Waals surface area contributed by atoms with Crippen molar-refractivity contribution in [3.63, 3.8) is 0 Å². The summed E-state index contributed by atoms with van der Waals surface area (Å²) in [7, 11) is 0. The first-order valence-corrected chi connectivity index (χ1v) is 10.5. The largest absolute Gasteiger partial charge is 0.486 e. The monoisotopic (exact) mass is 387 g/mol. The van der Waals surface area contributed by atoms with Gasteiger partial charge in [0.25, 0.3) is 0 Å². The van der Waals surface area contributed by atoms with Gasteiger partial charge in [-0.3, -0.25) is 4.79 Å². The minimum atomic E-state index is -0.135. The SMILES string of the molecule is CCn1c(-c2ccc3c(c2)OCCO3)cnc1SC(C)C(=O)N1CCCC1. The fourth-order valence-corrected chi connectivity index (χ4v) is 4.63. The van der Waals surface area contributed by atoms with Crippen LogP contribution >= 0.6 is 11.8 Å². The molecule has 2 aromatic rings. The molecule has 0 spiro atoms. The van der Waals surface area contributed by atoms with E-state index in [1.807, 2.05) is 36.2 Å². The number of benzene rings is 1. The molecule has 4 rings (SSSR count). The molecule has 144 valence electrons. The Morgan fingerprint density at radius 3 is 2.70 bits per heavy atom. The highest BCUT2D eigenvalue weighted by Crippen LogP contribution is 2.36. The predicted octanol–water partition coefficient (Wildman–Crippen LogP) is 3.44. The van der Waals surface area contributed by atoms with E-state index in [0.29, 0.717) is 13.2 Å². The minimum absolute atomic E-state index is 0.135. The zero-order valence-electron chi connectivity index (χ0n) is 15.8. The van der Waals surface area contributed by atoms with Crippen LogP contribution in [0, 0.1) is 0 Å². The van der Waals surface area contributed by atoms with Gasteiger partial charge in [0, 0.05) is 25.2 Å². The number of likely N-dealkylation sites (tertiary alicyclic amines) is 1. The smallest absolute Gasteiger partial charge is 0.235 e. The van der Waals surface area contributed by atoms with E-state index in [1.165, 1.54) is 11.8 Å². The third kappa shape index (κ3) is 3.65. The van der Waals surface area contributed by atoms with Crippen molar-refractivity contribution in [3.8, 4) is 22.8 Å². The van der Waals surface area contributed by atoms with Crippen LogP contribution in [-0.4, -0.2) is 51.9 Å². The summed E-state index contributed by atoms with van der Waals surface area (Å²) in [6.45, 7) is 7.78. The van der Waals surface area contributed by atoms with Crippen molar-refractivity contribution in [2.75, 3.05) is 26.3 Å². The molecular formula is C20H25N3O3S. The minimum Gasteiger partial charge on any atom is -0.486 e. The van der Waals surface area contributed by atoms with Gasteiger partial charge in [0.1, 0.15) is 13.2 Å². The molecule has 0 saturated carbocycles. The van der Waals surface area contributed by atoms with Gasteiger partial charge in [-0.15, -0.1) is 0 Å². The summed E-state index contributed by atoms with van der Waals surface area (Å²) >= 11 is 1.54. The quantitative estimate of drug-likeness (QED) is 0.736. The van der Waals surface area contributed by atoms with Gasteiger partial charge in [-0.05, 0) is 44.9 Å². The lowest BCUT2D eigenvalue weighted by Gasteiger charge is -2.20. The van der Waals surface area contributed by atoms with E-state index >= 15 is 0 Å². The molecule has 0 N–H and O–H groups in total. The van der Waals surface area contributed by atoms with Crippen molar-refractivity contribution in [1.29, 1.82) is 0 Å². The average Bonchev–Trinajstić information content (AvgIpc) is 3.37. The molecule has 3 heterocycles. The second kappa shape index (κ2) is 7.84. The lowest BCUT2D eigenvalue weighted by molar-refractivity contribution is -0.129. The Labute approximate surface area is 163 Å². The fraction of sp³-hybridized carbons (Fsp3) is 0.500. The number of rotatable bonds is 5. The first-order valence-electron chi connectivity index (χ1n) is 9.58. The van der Waals surface area contributed by atoms with Crippen LogP contribution in [0.1, 0.15) is 26.7 Å². The molecule has 1 fully saturated rings. The molecule has 6 nitrogen and oxygen atoms in total. The molecule has 0 aliphatic carbocycles. The van der Waals surface area contributed by atoms with Gasteiger partial charge in [-0.25, -0.2) is 4.98 Å². The predicted molar refractivity (Wildman–Crippen MR) is 105 cm³/mol. The Bertz CT molecular complexity index is 830. The van der Waals surface area contributed by atoms with Crippen LogP contribution in [0.15, 0.2) is 29.6 Å². The molecule has 2 aliphatic heterocycles. The van der Waals surface area contributed by atoms with Gasteiger partial charge in [0.15, 0.2) is 16.7 Å². The Morgan fingerprint density at radius 1 is 1.22 bits per heavy atom. The Morgan fingerprint density at radius 2 is 1.96 bits per heavy atom. The highest BCUT2D eigenvalue weighted by Gasteiger charge is 2.26. The van der Waals surface area contributed by atoms with Crippen molar-refractivity contribution in [1.82, 2.24) is 14.5 Å². The van der Waals surface area contributed by atoms with Crippen LogP contribution in [0.25, 0.3) is 11.3 Å². The van der Waals surface area contributed by atoms with Crippen molar-refractivity contribution < 1.29 is 14.3 Å². The van der Waals surface area contributed by atoms with Gasteiger partial charge in [-0.1, -0.05) is 11.8 Å². The number of fused-ring (bicyclic) bond motifs is 1. The lowest BCUT2D eigenvalue weighted by Crippen LogP contribution is -2.34.